The summed E-state index contributed by atoms with van der Waals surface area (Å²) in [5.41, 5.74) is -0.236. The van der Waals surface area contributed by atoms with E-state index in [2.05, 4.69) is 13.8 Å². The average Bonchev–Trinajstić information content (AvgIpc) is 3.03. The second-order valence-electron chi connectivity index (χ2n) is 14.6. The Morgan fingerprint density at radius 3 is 1.50 bits per heavy atom. The van der Waals surface area contributed by atoms with Gasteiger partial charge in [0.05, 0.1) is 49.1 Å². The number of carbonyl (C=O) groups is 4. The van der Waals surface area contributed by atoms with Crippen LogP contribution in [0.3, 0.4) is 0 Å². The number of carbonyl (C=O) groups excluding carboxylic acids is 2. The van der Waals surface area contributed by atoms with Crippen molar-refractivity contribution >= 4 is 23.9 Å². The van der Waals surface area contributed by atoms with Gasteiger partial charge >= 0.3 is 23.9 Å². The number of rotatable bonds is 13. The van der Waals surface area contributed by atoms with Gasteiger partial charge in [0.25, 0.3) is 0 Å². The number of carboxylic acids is 2. The minimum absolute atomic E-state index is 0.00422. The van der Waals surface area contributed by atoms with E-state index in [0.717, 1.165) is 25.7 Å². The van der Waals surface area contributed by atoms with Crippen LogP contribution < -0.4 is 0 Å². The molecule has 4 aliphatic carbocycles. The van der Waals surface area contributed by atoms with E-state index >= 15 is 0 Å². The van der Waals surface area contributed by atoms with Crippen molar-refractivity contribution in [2.45, 2.75) is 141 Å². The molecule has 0 radical (unpaired) electrons. The Morgan fingerprint density at radius 2 is 1.04 bits per heavy atom. The van der Waals surface area contributed by atoms with Gasteiger partial charge in [0.15, 0.2) is 0 Å². The van der Waals surface area contributed by atoms with Gasteiger partial charge in [-0.1, -0.05) is 26.7 Å². The van der Waals surface area contributed by atoms with Crippen LogP contribution in [0.1, 0.15) is 110 Å². The lowest BCUT2D eigenvalue weighted by Gasteiger charge is -2.35. The molecule has 0 saturated heterocycles. The lowest BCUT2D eigenvalue weighted by Crippen LogP contribution is -2.42. The summed E-state index contributed by atoms with van der Waals surface area (Å²) in [5, 5.41) is 30.3. The Kier molecular flexibility index (Phi) is 12.8. The molecule has 4 aliphatic rings. The molecule has 4 saturated carbocycles. The second kappa shape index (κ2) is 16.3. The third-order valence-corrected chi connectivity index (χ3v) is 10.4. The molecule has 0 aromatic carbocycles. The topological polar surface area (TPSA) is 189 Å². The Morgan fingerprint density at radius 1 is 0.630 bits per heavy atom. The summed E-state index contributed by atoms with van der Waals surface area (Å²) < 4.78 is 23.9. The van der Waals surface area contributed by atoms with Crippen LogP contribution in [0.15, 0.2) is 0 Å². The third-order valence-electron chi connectivity index (χ3n) is 10.4. The smallest absolute Gasteiger partial charge is 0.310 e. The summed E-state index contributed by atoms with van der Waals surface area (Å²) in [6.45, 7) is 5.16. The Bertz CT molecular complexity index is 1080. The quantitative estimate of drug-likeness (QED) is 0.157. The second-order valence-corrected chi connectivity index (χ2v) is 14.6. The molecule has 0 spiro atoms. The number of carboxylic acid groups (broad SMARTS) is 2. The molecule has 5 unspecified atom stereocenters. The number of ether oxygens (including phenoxy) is 4. The molecule has 0 aliphatic heterocycles. The van der Waals surface area contributed by atoms with E-state index in [0.29, 0.717) is 64.6 Å². The highest BCUT2D eigenvalue weighted by molar-refractivity contribution is 5.82. The molecule has 0 bridgehead atoms. The highest BCUT2D eigenvalue weighted by Gasteiger charge is 2.45. The molecular formula is C33H51NO12. The zero-order valence-corrected chi connectivity index (χ0v) is 27.1. The normalized spacial score (nSPS) is 33.8. The van der Waals surface area contributed by atoms with Gasteiger partial charge in [-0.25, -0.2) is 0 Å². The largest absolute Gasteiger partial charge is 0.481 e. The van der Waals surface area contributed by atoms with E-state index in [9.17, 15) is 39.5 Å². The average molecular weight is 654 g/mol. The molecule has 4 rings (SSSR count). The summed E-state index contributed by atoms with van der Waals surface area (Å²) in [7, 11) is 0. The first-order chi connectivity index (χ1) is 21.8. The molecule has 0 heterocycles. The van der Waals surface area contributed by atoms with E-state index in [1.54, 1.807) is 0 Å². The predicted octanol–water partition coefficient (Wildman–Crippen LogP) is 4.79. The Labute approximate surface area is 270 Å². The minimum atomic E-state index is -1.12. The van der Waals surface area contributed by atoms with Crippen molar-refractivity contribution in [2.24, 2.45) is 29.1 Å². The third kappa shape index (κ3) is 10.1. The molecule has 0 amide bonds. The van der Waals surface area contributed by atoms with Gasteiger partial charge in [0, 0.05) is 23.2 Å². The molecule has 5 atom stereocenters. The number of esters is 2. The van der Waals surface area contributed by atoms with Gasteiger partial charge in [0.2, 0.25) is 6.04 Å². The number of nitro groups is 1. The van der Waals surface area contributed by atoms with Gasteiger partial charge in [-0.3, -0.25) is 29.3 Å². The first kappa shape index (κ1) is 36.0. The maximum atomic E-state index is 12.9. The summed E-state index contributed by atoms with van der Waals surface area (Å²) in [6.07, 6.45) is 7.90. The zero-order valence-electron chi connectivity index (χ0n) is 27.1. The fourth-order valence-corrected chi connectivity index (χ4v) is 7.47. The maximum Gasteiger partial charge on any atom is 0.310 e. The van der Waals surface area contributed by atoms with Crippen LogP contribution in [0.5, 0.6) is 0 Å². The van der Waals surface area contributed by atoms with Crippen molar-refractivity contribution in [2.75, 3.05) is 13.2 Å². The highest BCUT2D eigenvalue weighted by atomic mass is 16.6. The number of hydrogen-bond donors (Lipinski definition) is 2. The van der Waals surface area contributed by atoms with Gasteiger partial charge in [-0.2, -0.15) is 0 Å². The standard InChI is InChI=1S/C33H51NO12/c1-33(2,18-43-21-8-12-23(13-9-21)45-31(39)27-6-4-3-5-25(27)29(35)36)19-44-22-10-14-24(15-11-22)46-32(40)28-17-20(34(41)42)7-16-26(28)30(37)38/h20-28H,3-19H2,1-2H3,(H,35,36)(H,37,38). The Hall–Kier alpha value is -2.80. The summed E-state index contributed by atoms with van der Waals surface area (Å²) in [6, 6.07) is -0.925. The maximum absolute atomic E-state index is 12.9. The summed E-state index contributed by atoms with van der Waals surface area (Å²) in [4.78, 5) is 59.6. The van der Waals surface area contributed by atoms with Crippen LogP contribution in [0, 0.1) is 39.2 Å². The zero-order chi connectivity index (χ0) is 33.4. The van der Waals surface area contributed by atoms with Gasteiger partial charge in [0.1, 0.15) is 12.2 Å². The fraction of sp³-hybridized carbons (Fsp3) is 0.879. The van der Waals surface area contributed by atoms with Gasteiger partial charge < -0.3 is 29.2 Å². The van der Waals surface area contributed by atoms with Crippen LogP contribution >= 0.6 is 0 Å². The van der Waals surface area contributed by atoms with Gasteiger partial charge in [-0.15, -0.1) is 0 Å². The first-order valence-corrected chi connectivity index (χ1v) is 17.1. The number of nitrogens with zero attached hydrogens (tertiary/aromatic N) is 1. The summed E-state index contributed by atoms with van der Waals surface area (Å²) in [5.74, 6) is -6.21. The first-order valence-electron chi connectivity index (χ1n) is 17.1. The van der Waals surface area contributed by atoms with Crippen molar-refractivity contribution < 1.29 is 53.3 Å². The highest BCUT2D eigenvalue weighted by Crippen LogP contribution is 2.36. The van der Waals surface area contributed by atoms with Crippen LogP contribution in [0.4, 0.5) is 0 Å². The van der Waals surface area contributed by atoms with Crippen molar-refractivity contribution in [3.8, 4) is 0 Å². The monoisotopic (exact) mass is 653 g/mol. The molecule has 0 aromatic heterocycles. The van der Waals surface area contributed by atoms with E-state index in [-0.39, 0.29) is 55.1 Å². The molecule has 13 nitrogen and oxygen atoms in total. The van der Waals surface area contributed by atoms with Crippen LogP contribution in [0.25, 0.3) is 0 Å². The fourth-order valence-electron chi connectivity index (χ4n) is 7.47. The van der Waals surface area contributed by atoms with Crippen molar-refractivity contribution in [1.29, 1.82) is 0 Å². The van der Waals surface area contributed by atoms with Crippen molar-refractivity contribution in [3.05, 3.63) is 10.1 Å². The molecule has 0 aromatic rings. The van der Waals surface area contributed by atoms with Crippen LogP contribution in [0.2, 0.25) is 0 Å². The molecule has 13 heteroatoms. The SMILES string of the molecule is CC(C)(COC1CCC(OC(=O)C2CCCCC2C(=O)O)CC1)COC1CCC(OC(=O)C2CC([N+](=O)[O-])CCC2C(=O)O)CC1. The molecule has 4 fully saturated rings. The molecule has 2 N–H and O–H groups in total. The van der Waals surface area contributed by atoms with E-state index in [4.69, 9.17) is 18.9 Å². The van der Waals surface area contributed by atoms with E-state index in [1.165, 1.54) is 0 Å². The molecular weight excluding hydrogens is 602 g/mol. The predicted molar refractivity (Wildman–Crippen MR) is 162 cm³/mol. The van der Waals surface area contributed by atoms with Crippen molar-refractivity contribution in [3.63, 3.8) is 0 Å². The molecule has 46 heavy (non-hydrogen) atoms. The minimum Gasteiger partial charge on any atom is -0.481 e. The molecule has 260 valence electrons. The Balaban J connectivity index is 1.11. The summed E-state index contributed by atoms with van der Waals surface area (Å²) >= 11 is 0. The number of aliphatic carboxylic acids is 2. The van der Waals surface area contributed by atoms with Gasteiger partial charge in [-0.05, 0) is 70.6 Å². The van der Waals surface area contributed by atoms with Crippen LogP contribution in [-0.4, -0.2) is 82.7 Å². The van der Waals surface area contributed by atoms with E-state index < -0.39 is 52.5 Å². The van der Waals surface area contributed by atoms with E-state index in [1.807, 2.05) is 0 Å². The number of hydrogen-bond acceptors (Lipinski definition) is 10. The van der Waals surface area contributed by atoms with Crippen molar-refractivity contribution in [1.82, 2.24) is 0 Å². The lowest BCUT2D eigenvalue weighted by molar-refractivity contribution is -0.528. The van der Waals surface area contributed by atoms with Crippen LogP contribution in [-0.2, 0) is 38.1 Å². The lowest BCUT2D eigenvalue weighted by atomic mass is 9.77.